The number of carboxylic acids is 1. The Hall–Kier alpha value is -0.610. The van der Waals surface area contributed by atoms with Gasteiger partial charge in [0.15, 0.2) is 0 Å². The highest BCUT2D eigenvalue weighted by molar-refractivity contribution is 5.73. The fourth-order valence-electron chi connectivity index (χ4n) is 2.99. The van der Waals surface area contributed by atoms with Crippen LogP contribution < -0.4 is 0 Å². The topological polar surface area (TPSA) is 49.8 Å². The standard InChI is InChI=1S/C13H23NO3/c1-2-10-3-5-14(12(7-10)13(15)16)8-11-4-6-17-9-11/h10-12H,2-9H2,1H3,(H,15,16). The molecule has 0 bridgehead atoms. The van der Waals surface area contributed by atoms with Crippen molar-refractivity contribution < 1.29 is 14.6 Å². The molecule has 3 atom stereocenters. The van der Waals surface area contributed by atoms with Crippen molar-refractivity contribution in [3.8, 4) is 0 Å². The van der Waals surface area contributed by atoms with E-state index in [-0.39, 0.29) is 6.04 Å². The fourth-order valence-corrected chi connectivity index (χ4v) is 2.99. The van der Waals surface area contributed by atoms with Crippen molar-refractivity contribution in [1.82, 2.24) is 4.90 Å². The Bertz CT molecular complexity index is 263. The number of aliphatic carboxylic acids is 1. The van der Waals surface area contributed by atoms with Gasteiger partial charge in [-0.15, -0.1) is 0 Å². The second-order valence-electron chi connectivity index (χ2n) is 5.38. The normalized spacial score (nSPS) is 35.0. The first kappa shape index (κ1) is 12.8. The Morgan fingerprint density at radius 3 is 2.82 bits per heavy atom. The maximum atomic E-state index is 11.3. The SMILES string of the molecule is CCC1CCN(CC2CCOC2)C(C(=O)O)C1. The van der Waals surface area contributed by atoms with Crippen LogP contribution in [0.2, 0.25) is 0 Å². The van der Waals surface area contributed by atoms with Crippen LogP contribution in [0.15, 0.2) is 0 Å². The van der Waals surface area contributed by atoms with Gasteiger partial charge in [-0.3, -0.25) is 9.69 Å². The Labute approximate surface area is 103 Å². The highest BCUT2D eigenvalue weighted by Crippen LogP contribution is 2.27. The molecular weight excluding hydrogens is 218 g/mol. The molecule has 4 nitrogen and oxygen atoms in total. The molecule has 0 aromatic carbocycles. The predicted molar refractivity (Wildman–Crippen MR) is 64.9 cm³/mol. The van der Waals surface area contributed by atoms with Gasteiger partial charge in [0.25, 0.3) is 0 Å². The van der Waals surface area contributed by atoms with Crippen LogP contribution in [0.1, 0.15) is 32.6 Å². The number of ether oxygens (including phenoxy) is 1. The zero-order valence-electron chi connectivity index (χ0n) is 10.6. The third kappa shape index (κ3) is 3.19. The summed E-state index contributed by atoms with van der Waals surface area (Å²) in [5.74, 6) is 0.476. The van der Waals surface area contributed by atoms with E-state index in [2.05, 4.69) is 11.8 Å². The largest absolute Gasteiger partial charge is 0.480 e. The Kier molecular flexibility index (Phi) is 4.40. The zero-order chi connectivity index (χ0) is 12.3. The van der Waals surface area contributed by atoms with E-state index < -0.39 is 5.97 Å². The maximum Gasteiger partial charge on any atom is 0.320 e. The summed E-state index contributed by atoms with van der Waals surface area (Å²) in [6.45, 7) is 5.64. The van der Waals surface area contributed by atoms with Crippen LogP contribution in [0.3, 0.4) is 0 Å². The molecule has 1 N–H and O–H groups in total. The number of carbonyl (C=O) groups is 1. The number of hydrogen-bond donors (Lipinski definition) is 1. The molecule has 0 radical (unpaired) electrons. The van der Waals surface area contributed by atoms with Crippen molar-refractivity contribution >= 4 is 5.97 Å². The highest BCUT2D eigenvalue weighted by Gasteiger charge is 2.34. The minimum Gasteiger partial charge on any atom is -0.480 e. The van der Waals surface area contributed by atoms with Crippen molar-refractivity contribution in [2.75, 3.05) is 26.3 Å². The second kappa shape index (κ2) is 5.83. The van der Waals surface area contributed by atoms with Crippen LogP contribution in [0.4, 0.5) is 0 Å². The molecule has 2 rings (SSSR count). The molecule has 2 saturated heterocycles. The van der Waals surface area contributed by atoms with Gasteiger partial charge in [-0.1, -0.05) is 13.3 Å². The van der Waals surface area contributed by atoms with Gasteiger partial charge in [0.2, 0.25) is 0 Å². The minimum absolute atomic E-state index is 0.269. The van der Waals surface area contributed by atoms with Crippen molar-refractivity contribution in [2.24, 2.45) is 11.8 Å². The van der Waals surface area contributed by atoms with E-state index in [1.807, 2.05) is 0 Å². The molecule has 0 spiro atoms. The number of hydrogen-bond acceptors (Lipinski definition) is 3. The summed E-state index contributed by atoms with van der Waals surface area (Å²) < 4.78 is 5.36. The number of piperidine rings is 1. The van der Waals surface area contributed by atoms with Crippen LogP contribution >= 0.6 is 0 Å². The molecule has 2 aliphatic heterocycles. The summed E-state index contributed by atoms with van der Waals surface area (Å²) in [7, 11) is 0. The first-order valence-electron chi connectivity index (χ1n) is 6.75. The molecule has 0 aromatic rings. The summed E-state index contributed by atoms with van der Waals surface area (Å²) in [5, 5.41) is 9.32. The van der Waals surface area contributed by atoms with E-state index >= 15 is 0 Å². The zero-order valence-corrected chi connectivity index (χ0v) is 10.6. The number of rotatable bonds is 4. The van der Waals surface area contributed by atoms with Gasteiger partial charge >= 0.3 is 5.97 Å². The smallest absolute Gasteiger partial charge is 0.320 e. The van der Waals surface area contributed by atoms with E-state index in [0.717, 1.165) is 52.0 Å². The Balaban J connectivity index is 1.92. The highest BCUT2D eigenvalue weighted by atomic mass is 16.5. The number of likely N-dealkylation sites (tertiary alicyclic amines) is 1. The van der Waals surface area contributed by atoms with Gasteiger partial charge in [0.1, 0.15) is 6.04 Å². The summed E-state index contributed by atoms with van der Waals surface area (Å²) in [4.78, 5) is 13.5. The summed E-state index contributed by atoms with van der Waals surface area (Å²) in [6.07, 6.45) is 4.15. The van der Waals surface area contributed by atoms with Crippen molar-refractivity contribution in [3.63, 3.8) is 0 Å². The van der Waals surface area contributed by atoms with Crippen LogP contribution in [0.5, 0.6) is 0 Å². The lowest BCUT2D eigenvalue weighted by molar-refractivity contribution is -0.145. The molecule has 0 aliphatic carbocycles. The number of nitrogens with zero attached hydrogens (tertiary/aromatic N) is 1. The van der Waals surface area contributed by atoms with Crippen LogP contribution in [0, 0.1) is 11.8 Å². The van der Waals surface area contributed by atoms with E-state index in [1.165, 1.54) is 0 Å². The van der Waals surface area contributed by atoms with E-state index in [1.54, 1.807) is 0 Å². The van der Waals surface area contributed by atoms with Crippen LogP contribution in [-0.2, 0) is 9.53 Å². The predicted octanol–water partition coefficient (Wildman–Crippen LogP) is 1.60. The van der Waals surface area contributed by atoms with Gasteiger partial charge in [-0.2, -0.15) is 0 Å². The third-order valence-electron chi connectivity index (χ3n) is 4.20. The first-order valence-corrected chi connectivity index (χ1v) is 6.75. The average Bonchev–Trinajstić information content (AvgIpc) is 2.82. The Morgan fingerprint density at radius 1 is 1.41 bits per heavy atom. The lowest BCUT2D eigenvalue weighted by atomic mass is 9.88. The monoisotopic (exact) mass is 241 g/mol. The fraction of sp³-hybridized carbons (Fsp3) is 0.923. The van der Waals surface area contributed by atoms with Gasteiger partial charge in [-0.25, -0.2) is 0 Å². The molecule has 0 aromatic heterocycles. The first-order chi connectivity index (χ1) is 8.20. The van der Waals surface area contributed by atoms with Crippen molar-refractivity contribution in [3.05, 3.63) is 0 Å². The van der Waals surface area contributed by atoms with Crippen LogP contribution in [-0.4, -0.2) is 48.3 Å². The molecule has 0 amide bonds. The van der Waals surface area contributed by atoms with Gasteiger partial charge in [0, 0.05) is 13.2 Å². The van der Waals surface area contributed by atoms with E-state index in [4.69, 9.17) is 4.74 Å². The molecule has 0 saturated carbocycles. The second-order valence-corrected chi connectivity index (χ2v) is 5.38. The van der Waals surface area contributed by atoms with E-state index in [0.29, 0.717) is 11.8 Å². The minimum atomic E-state index is -0.651. The molecule has 98 valence electrons. The van der Waals surface area contributed by atoms with Crippen molar-refractivity contribution in [1.29, 1.82) is 0 Å². The van der Waals surface area contributed by atoms with Gasteiger partial charge in [0.05, 0.1) is 6.61 Å². The quantitative estimate of drug-likeness (QED) is 0.812. The lowest BCUT2D eigenvalue weighted by Crippen LogP contribution is -2.49. The molecule has 2 aliphatic rings. The average molecular weight is 241 g/mol. The van der Waals surface area contributed by atoms with Gasteiger partial charge < -0.3 is 9.84 Å². The van der Waals surface area contributed by atoms with Crippen LogP contribution in [0.25, 0.3) is 0 Å². The Morgan fingerprint density at radius 2 is 2.24 bits per heavy atom. The van der Waals surface area contributed by atoms with E-state index in [9.17, 15) is 9.90 Å². The summed E-state index contributed by atoms with van der Waals surface area (Å²) in [6, 6.07) is -0.269. The molecule has 17 heavy (non-hydrogen) atoms. The molecule has 2 fully saturated rings. The summed E-state index contributed by atoms with van der Waals surface area (Å²) in [5.41, 5.74) is 0. The molecular formula is C13H23NO3. The van der Waals surface area contributed by atoms with Gasteiger partial charge in [-0.05, 0) is 37.6 Å². The molecule has 2 heterocycles. The third-order valence-corrected chi connectivity index (χ3v) is 4.20. The van der Waals surface area contributed by atoms with Crippen molar-refractivity contribution in [2.45, 2.75) is 38.6 Å². The molecule has 3 unspecified atom stereocenters. The summed E-state index contributed by atoms with van der Waals surface area (Å²) >= 11 is 0. The lowest BCUT2D eigenvalue weighted by Gasteiger charge is -2.38. The maximum absolute atomic E-state index is 11.3. The molecule has 4 heteroatoms. The number of carboxylic acid groups (broad SMARTS) is 1.